The van der Waals surface area contributed by atoms with Crippen LogP contribution in [0.2, 0.25) is 0 Å². The standard InChI is InChI=1S/C18H26NO/c1-6-13(4)17-11-14(5)16-10-9-15(12-18(16)20-17)19(7-2)8-3/h9-13H,6-8H2,1-5H3/q+1. The zero-order valence-electron chi connectivity index (χ0n) is 13.4. The van der Waals surface area contributed by atoms with Gasteiger partial charge in [0.05, 0.1) is 6.07 Å². The molecule has 0 N–H and O–H groups in total. The van der Waals surface area contributed by atoms with E-state index in [9.17, 15) is 0 Å². The first-order valence-corrected chi connectivity index (χ1v) is 7.73. The lowest BCUT2D eigenvalue weighted by Gasteiger charge is -2.14. The second kappa shape index (κ2) is 6.25. The number of hydrogen-bond donors (Lipinski definition) is 0. The number of rotatable bonds is 4. The Balaban J connectivity index is 2.67. The second-order valence-corrected chi connectivity index (χ2v) is 5.49. The van der Waals surface area contributed by atoms with Crippen molar-refractivity contribution in [2.24, 2.45) is 0 Å². The van der Waals surface area contributed by atoms with E-state index in [4.69, 9.17) is 4.42 Å². The zero-order chi connectivity index (χ0) is 14.7. The Morgan fingerprint density at radius 2 is 1.80 bits per heavy atom. The summed E-state index contributed by atoms with van der Waals surface area (Å²) in [5.74, 6) is 2.56. The summed E-state index contributed by atoms with van der Waals surface area (Å²) < 4.78 is 8.50. The van der Waals surface area contributed by atoms with Crippen LogP contribution in [0, 0.1) is 6.92 Å². The molecule has 0 fully saturated rings. The predicted octanol–water partition coefficient (Wildman–Crippen LogP) is 4.02. The molecule has 0 saturated heterocycles. The molecular formula is C18H26NO+. The van der Waals surface area contributed by atoms with Gasteiger partial charge in [-0.1, -0.05) is 13.8 Å². The average Bonchev–Trinajstić information content (AvgIpc) is 2.47. The molecule has 108 valence electrons. The molecule has 2 rings (SSSR count). The second-order valence-electron chi connectivity index (χ2n) is 5.49. The van der Waals surface area contributed by atoms with Gasteiger partial charge in [0.2, 0.25) is 5.36 Å². The summed E-state index contributed by atoms with van der Waals surface area (Å²) in [5, 5.41) is 1.24. The van der Waals surface area contributed by atoms with Gasteiger partial charge in [-0.2, -0.15) is 0 Å². The molecule has 1 heterocycles. The van der Waals surface area contributed by atoms with Crippen LogP contribution in [0.15, 0.2) is 28.7 Å². The Bertz CT molecular complexity index is 618. The molecule has 0 aromatic rings. The molecule has 1 unspecified atom stereocenters. The molecule has 1 atom stereocenters. The molecule has 2 heteroatoms. The number of nitrogens with zero attached hydrogens (tertiary/aromatic N) is 1. The number of benzene rings is 1. The van der Waals surface area contributed by atoms with Crippen LogP contribution in [0.1, 0.15) is 51.4 Å². The van der Waals surface area contributed by atoms with Crippen molar-refractivity contribution in [1.82, 2.24) is 4.58 Å². The Morgan fingerprint density at radius 3 is 2.40 bits per heavy atom. The van der Waals surface area contributed by atoms with Crippen molar-refractivity contribution in [2.45, 2.75) is 47.0 Å². The first-order chi connectivity index (χ1) is 9.60. The highest BCUT2D eigenvalue weighted by Gasteiger charge is 2.14. The van der Waals surface area contributed by atoms with Crippen molar-refractivity contribution in [1.29, 1.82) is 0 Å². The molecule has 0 radical (unpaired) electrons. The van der Waals surface area contributed by atoms with Crippen molar-refractivity contribution >= 4 is 0 Å². The molecule has 0 bridgehead atoms. The van der Waals surface area contributed by atoms with Gasteiger partial charge >= 0.3 is 0 Å². The van der Waals surface area contributed by atoms with E-state index in [1.165, 1.54) is 16.5 Å². The first-order valence-electron chi connectivity index (χ1n) is 7.73. The SMILES string of the molecule is CCC(C)c1cc(C)c2ccc(=[N+](CC)CC)cc-2o1. The monoisotopic (exact) mass is 272 g/mol. The zero-order valence-corrected chi connectivity index (χ0v) is 13.4. The lowest BCUT2D eigenvalue weighted by Crippen LogP contribution is -2.29. The Labute approximate surface area is 122 Å². The lowest BCUT2D eigenvalue weighted by atomic mass is 10.00. The van der Waals surface area contributed by atoms with Gasteiger partial charge in [-0.3, -0.25) is 0 Å². The summed E-state index contributed by atoms with van der Waals surface area (Å²) in [6, 6.07) is 8.75. The molecule has 0 spiro atoms. The van der Waals surface area contributed by atoms with Crippen molar-refractivity contribution in [3.63, 3.8) is 0 Å². The van der Waals surface area contributed by atoms with Crippen LogP contribution < -0.4 is 9.93 Å². The van der Waals surface area contributed by atoms with Crippen LogP contribution in [0.25, 0.3) is 11.3 Å². The summed E-state index contributed by atoms with van der Waals surface area (Å²) in [7, 11) is 0. The molecular weight excluding hydrogens is 246 g/mol. The van der Waals surface area contributed by atoms with E-state index in [0.717, 1.165) is 31.0 Å². The fourth-order valence-corrected chi connectivity index (χ4v) is 2.60. The lowest BCUT2D eigenvalue weighted by molar-refractivity contribution is 0.462. The van der Waals surface area contributed by atoms with E-state index in [0.29, 0.717) is 5.92 Å². The summed E-state index contributed by atoms with van der Waals surface area (Å²) in [4.78, 5) is 0. The van der Waals surface area contributed by atoms with E-state index in [1.54, 1.807) is 0 Å². The summed E-state index contributed by atoms with van der Waals surface area (Å²) in [6.07, 6.45) is 1.10. The van der Waals surface area contributed by atoms with Crippen LogP contribution in [0.3, 0.4) is 0 Å². The van der Waals surface area contributed by atoms with Gasteiger partial charge in [-0.25, -0.2) is 4.58 Å². The largest absolute Gasteiger partial charge is 0.461 e. The van der Waals surface area contributed by atoms with Crippen LogP contribution in [0.5, 0.6) is 0 Å². The molecule has 20 heavy (non-hydrogen) atoms. The predicted molar refractivity (Wildman–Crippen MR) is 85.1 cm³/mol. The van der Waals surface area contributed by atoms with E-state index >= 15 is 0 Å². The highest BCUT2D eigenvalue weighted by atomic mass is 16.3. The van der Waals surface area contributed by atoms with Crippen molar-refractivity contribution in [3.05, 3.63) is 40.9 Å². The fourth-order valence-electron chi connectivity index (χ4n) is 2.60. The van der Waals surface area contributed by atoms with E-state index < -0.39 is 0 Å². The maximum atomic E-state index is 6.15. The van der Waals surface area contributed by atoms with Crippen LogP contribution in [-0.2, 0) is 0 Å². The average molecular weight is 272 g/mol. The van der Waals surface area contributed by atoms with Crippen molar-refractivity contribution in [3.8, 4) is 11.3 Å². The highest BCUT2D eigenvalue weighted by Crippen LogP contribution is 2.30. The Kier molecular flexibility index (Phi) is 4.64. The van der Waals surface area contributed by atoms with Gasteiger partial charge in [-0.15, -0.1) is 0 Å². The topological polar surface area (TPSA) is 16.1 Å². The molecule has 1 aliphatic carbocycles. The van der Waals surface area contributed by atoms with Gasteiger partial charge < -0.3 is 4.42 Å². The third-order valence-electron chi connectivity index (χ3n) is 4.20. The molecule has 0 amide bonds. The van der Waals surface area contributed by atoms with E-state index in [1.807, 2.05) is 0 Å². The van der Waals surface area contributed by atoms with Gasteiger partial charge in [-0.05, 0) is 44.9 Å². The van der Waals surface area contributed by atoms with Gasteiger partial charge in [0.15, 0.2) is 0 Å². The van der Waals surface area contributed by atoms with E-state index in [2.05, 4.69) is 63.5 Å². The molecule has 0 aromatic heterocycles. The minimum Gasteiger partial charge on any atom is -0.461 e. The summed E-state index contributed by atoms with van der Waals surface area (Å²) >= 11 is 0. The molecule has 0 aromatic carbocycles. The fraction of sp³-hybridized carbons (Fsp3) is 0.500. The Hall–Kier alpha value is -1.57. The van der Waals surface area contributed by atoms with Crippen molar-refractivity contribution in [2.75, 3.05) is 13.1 Å². The first kappa shape index (κ1) is 14.8. The molecule has 2 aliphatic rings. The normalized spacial score (nSPS) is 12.7. The minimum atomic E-state index is 0.468. The van der Waals surface area contributed by atoms with Gasteiger partial charge in [0.1, 0.15) is 24.6 Å². The molecule has 1 aliphatic heterocycles. The third kappa shape index (κ3) is 2.79. The van der Waals surface area contributed by atoms with Crippen LogP contribution in [-0.4, -0.2) is 13.1 Å². The van der Waals surface area contributed by atoms with Gasteiger partial charge in [0.25, 0.3) is 0 Å². The number of aryl methyl sites for hydroxylation is 1. The van der Waals surface area contributed by atoms with Crippen LogP contribution in [0.4, 0.5) is 0 Å². The minimum absolute atomic E-state index is 0.468. The highest BCUT2D eigenvalue weighted by molar-refractivity contribution is 5.62. The van der Waals surface area contributed by atoms with Crippen LogP contribution >= 0.6 is 0 Å². The van der Waals surface area contributed by atoms with Crippen molar-refractivity contribution < 1.29 is 4.42 Å². The Morgan fingerprint density at radius 1 is 1.10 bits per heavy atom. The summed E-state index contributed by atoms with van der Waals surface area (Å²) in [6.45, 7) is 13.0. The maximum absolute atomic E-state index is 6.15. The maximum Gasteiger partial charge on any atom is 0.203 e. The summed E-state index contributed by atoms with van der Waals surface area (Å²) in [5.41, 5.74) is 2.51. The quantitative estimate of drug-likeness (QED) is 0.768. The number of hydrogen-bond acceptors (Lipinski definition) is 1. The van der Waals surface area contributed by atoms with E-state index in [-0.39, 0.29) is 0 Å². The molecule has 0 saturated carbocycles. The third-order valence-corrected chi connectivity index (χ3v) is 4.20. The smallest absolute Gasteiger partial charge is 0.203 e. The molecule has 2 nitrogen and oxygen atoms in total. The number of fused-ring (bicyclic) bond motifs is 1. The van der Waals surface area contributed by atoms with Gasteiger partial charge in [0, 0.05) is 17.5 Å².